The molecule has 2 aromatic carbocycles. The largest absolute Gasteiger partial charge is 0.450 e. The number of furan rings is 1. The Labute approximate surface area is 203 Å². The molecule has 11 heteroatoms. The fraction of sp³-hybridized carbons (Fsp3) is 0.0833. The molecule has 1 saturated heterocycles. The minimum Gasteiger partial charge on any atom is -0.450 e. The number of benzene rings is 2. The zero-order chi connectivity index (χ0) is 24.5. The van der Waals surface area contributed by atoms with Crippen LogP contribution >= 0.6 is 11.8 Å². The first kappa shape index (κ1) is 22.3. The van der Waals surface area contributed by atoms with Crippen molar-refractivity contribution in [2.75, 3.05) is 4.90 Å². The average molecular weight is 487 g/mol. The van der Waals surface area contributed by atoms with Gasteiger partial charge in [0.1, 0.15) is 11.3 Å². The molecule has 174 valence electrons. The molecule has 1 N–H and O–H groups in total. The maximum atomic E-state index is 13.1. The summed E-state index contributed by atoms with van der Waals surface area (Å²) in [7, 11) is 0. The fourth-order valence-corrected chi connectivity index (χ4v) is 4.19. The van der Waals surface area contributed by atoms with Crippen LogP contribution in [0.4, 0.5) is 10.5 Å². The average Bonchev–Trinajstić information content (AvgIpc) is 3.49. The summed E-state index contributed by atoms with van der Waals surface area (Å²) in [5.41, 5.74) is 2.87. The third kappa shape index (κ3) is 4.36. The van der Waals surface area contributed by atoms with Crippen molar-refractivity contribution in [1.29, 1.82) is 0 Å². The zero-order valence-electron chi connectivity index (χ0n) is 18.6. The van der Waals surface area contributed by atoms with E-state index in [2.05, 4.69) is 20.8 Å². The van der Waals surface area contributed by atoms with E-state index in [1.165, 1.54) is 17.8 Å². The van der Waals surface area contributed by atoms with Crippen LogP contribution in [0.1, 0.15) is 16.9 Å². The van der Waals surface area contributed by atoms with Crippen molar-refractivity contribution in [3.63, 3.8) is 0 Å². The summed E-state index contributed by atoms with van der Waals surface area (Å²) in [6.07, 6.45) is 1.31. The highest BCUT2D eigenvalue weighted by atomic mass is 32.2. The van der Waals surface area contributed by atoms with Crippen molar-refractivity contribution >= 4 is 41.4 Å². The van der Waals surface area contributed by atoms with Crippen molar-refractivity contribution in [2.24, 2.45) is 0 Å². The lowest BCUT2D eigenvalue weighted by atomic mass is 10.1. The molecule has 1 aliphatic rings. The Balaban J connectivity index is 1.40. The molecule has 0 spiro atoms. The number of amides is 4. The lowest BCUT2D eigenvalue weighted by molar-refractivity contribution is -0.122. The van der Waals surface area contributed by atoms with E-state index in [1.807, 2.05) is 50.2 Å². The molecule has 0 aliphatic carbocycles. The summed E-state index contributed by atoms with van der Waals surface area (Å²) in [4.78, 5) is 38.9. The topological polar surface area (TPSA) is 123 Å². The van der Waals surface area contributed by atoms with E-state index >= 15 is 0 Å². The molecule has 0 atom stereocenters. The van der Waals surface area contributed by atoms with E-state index in [4.69, 9.17) is 4.42 Å². The standard InChI is InChI=1S/C24H18N6O4S/c1-14-8-9-17(12-15(14)2)29-22(32)19(21(31)25-23(29)33)13-18-10-11-20(34-18)35-24-26-27-28-30(24)16-6-4-3-5-7-16/h3-13H,1-2H3,(H,25,31,33)/b19-13+. The van der Waals surface area contributed by atoms with E-state index < -0.39 is 17.8 Å². The highest BCUT2D eigenvalue weighted by molar-refractivity contribution is 7.99. The number of tetrazole rings is 1. The molecule has 2 aromatic heterocycles. The van der Waals surface area contributed by atoms with Crippen LogP contribution in [0.25, 0.3) is 11.8 Å². The molecule has 3 heterocycles. The summed E-state index contributed by atoms with van der Waals surface area (Å²) >= 11 is 1.18. The summed E-state index contributed by atoms with van der Waals surface area (Å²) < 4.78 is 7.36. The van der Waals surface area contributed by atoms with Gasteiger partial charge in [0.2, 0.25) is 5.16 Å². The number of nitrogens with zero attached hydrogens (tertiary/aromatic N) is 5. The number of hydrogen-bond donors (Lipinski definition) is 1. The number of hydrogen-bond acceptors (Lipinski definition) is 8. The predicted molar refractivity (Wildman–Crippen MR) is 127 cm³/mol. The molecule has 0 radical (unpaired) electrons. The molecule has 0 saturated carbocycles. The van der Waals surface area contributed by atoms with Crippen LogP contribution in [0.5, 0.6) is 0 Å². The third-order valence-corrected chi connectivity index (χ3v) is 6.23. The summed E-state index contributed by atoms with van der Waals surface area (Å²) in [6, 6.07) is 17.1. The molecule has 10 nitrogen and oxygen atoms in total. The molecular weight excluding hydrogens is 468 g/mol. The first-order chi connectivity index (χ1) is 16.9. The van der Waals surface area contributed by atoms with Gasteiger partial charge in [-0.25, -0.2) is 9.69 Å². The highest BCUT2D eigenvalue weighted by Gasteiger charge is 2.37. The molecule has 0 bridgehead atoms. The molecule has 1 aliphatic heterocycles. The molecule has 5 rings (SSSR count). The van der Waals surface area contributed by atoms with Crippen LogP contribution in [0, 0.1) is 13.8 Å². The lowest BCUT2D eigenvalue weighted by Crippen LogP contribution is -2.54. The molecule has 35 heavy (non-hydrogen) atoms. The van der Waals surface area contributed by atoms with Gasteiger partial charge in [0, 0.05) is 0 Å². The van der Waals surface area contributed by atoms with E-state index in [0.717, 1.165) is 21.7 Å². The molecule has 4 amide bonds. The van der Waals surface area contributed by atoms with Crippen molar-refractivity contribution < 1.29 is 18.8 Å². The highest BCUT2D eigenvalue weighted by Crippen LogP contribution is 2.30. The number of rotatable bonds is 5. The second kappa shape index (κ2) is 9.03. The summed E-state index contributed by atoms with van der Waals surface area (Å²) in [5, 5.41) is 14.9. The Bertz CT molecular complexity index is 1490. The van der Waals surface area contributed by atoms with Crippen LogP contribution in [0.2, 0.25) is 0 Å². The fourth-order valence-electron chi connectivity index (χ4n) is 3.43. The molecular formula is C24H18N6O4S. The van der Waals surface area contributed by atoms with E-state index in [9.17, 15) is 14.4 Å². The van der Waals surface area contributed by atoms with E-state index in [-0.39, 0.29) is 11.3 Å². The Hall–Kier alpha value is -4.51. The summed E-state index contributed by atoms with van der Waals surface area (Å²) in [6.45, 7) is 3.81. The third-order valence-electron chi connectivity index (χ3n) is 5.37. The zero-order valence-corrected chi connectivity index (χ0v) is 19.4. The van der Waals surface area contributed by atoms with Gasteiger partial charge in [-0.2, -0.15) is 4.68 Å². The second-order valence-electron chi connectivity index (χ2n) is 7.69. The second-order valence-corrected chi connectivity index (χ2v) is 8.67. The van der Waals surface area contributed by atoms with Gasteiger partial charge in [-0.05, 0) is 89.6 Å². The molecule has 4 aromatic rings. The summed E-state index contributed by atoms with van der Waals surface area (Å²) in [5.74, 6) is -1.27. The number of para-hydroxylation sites is 1. The Morgan fingerprint density at radius 1 is 0.943 bits per heavy atom. The number of anilines is 1. The van der Waals surface area contributed by atoms with Gasteiger partial charge in [-0.1, -0.05) is 24.3 Å². The minimum atomic E-state index is -0.802. The SMILES string of the molecule is Cc1ccc(N2C(=O)NC(=O)/C(=C\c3ccc(Sc4nnnn4-c4ccccc4)o3)C2=O)cc1C. The maximum Gasteiger partial charge on any atom is 0.335 e. The quantitative estimate of drug-likeness (QED) is 0.335. The van der Waals surface area contributed by atoms with Crippen LogP contribution in [0.3, 0.4) is 0 Å². The number of aryl methyl sites for hydroxylation is 2. The number of urea groups is 1. The maximum absolute atomic E-state index is 13.1. The first-order valence-corrected chi connectivity index (χ1v) is 11.3. The molecule has 1 fully saturated rings. The van der Waals surface area contributed by atoms with Gasteiger partial charge in [0.05, 0.1) is 11.4 Å². The monoisotopic (exact) mass is 486 g/mol. The number of imide groups is 2. The lowest BCUT2D eigenvalue weighted by Gasteiger charge is -2.26. The van der Waals surface area contributed by atoms with Crippen molar-refractivity contribution in [3.8, 4) is 5.69 Å². The van der Waals surface area contributed by atoms with E-state index in [0.29, 0.717) is 15.9 Å². The van der Waals surface area contributed by atoms with Crippen molar-refractivity contribution in [3.05, 3.63) is 83.1 Å². The van der Waals surface area contributed by atoms with Crippen molar-refractivity contribution in [2.45, 2.75) is 24.1 Å². The van der Waals surface area contributed by atoms with Gasteiger partial charge in [-0.3, -0.25) is 14.9 Å². The molecule has 0 unspecified atom stereocenters. The van der Waals surface area contributed by atoms with Gasteiger partial charge in [0.25, 0.3) is 11.8 Å². The van der Waals surface area contributed by atoms with Gasteiger partial charge in [0.15, 0.2) is 5.09 Å². The van der Waals surface area contributed by atoms with Gasteiger partial charge < -0.3 is 4.42 Å². The Kier molecular flexibility index (Phi) is 5.75. The van der Waals surface area contributed by atoms with Crippen LogP contribution in [-0.4, -0.2) is 38.1 Å². The van der Waals surface area contributed by atoms with Crippen molar-refractivity contribution in [1.82, 2.24) is 25.5 Å². The number of carbonyl (C=O) groups excluding carboxylic acids is 3. The van der Waals surface area contributed by atoms with Crippen LogP contribution in [0.15, 0.2) is 80.9 Å². The number of nitrogens with one attached hydrogen (secondary N) is 1. The van der Waals surface area contributed by atoms with Gasteiger partial charge >= 0.3 is 6.03 Å². The first-order valence-electron chi connectivity index (χ1n) is 10.5. The number of aromatic nitrogens is 4. The Morgan fingerprint density at radius 3 is 2.51 bits per heavy atom. The minimum absolute atomic E-state index is 0.220. The Morgan fingerprint density at radius 2 is 1.74 bits per heavy atom. The van der Waals surface area contributed by atoms with Crippen LogP contribution < -0.4 is 10.2 Å². The van der Waals surface area contributed by atoms with Gasteiger partial charge in [-0.15, -0.1) is 5.10 Å². The number of barbiturate groups is 1. The number of carbonyl (C=O) groups is 3. The normalized spacial score (nSPS) is 15.1. The smallest absolute Gasteiger partial charge is 0.335 e. The predicted octanol–water partition coefficient (Wildman–Crippen LogP) is 3.69. The van der Waals surface area contributed by atoms with E-state index in [1.54, 1.807) is 28.9 Å². The van der Waals surface area contributed by atoms with Crippen LogP contribution in [-0.2, 0) is 9.59 Å².